The van der Waals surface area contributed by atoms with Crippen molar-refractivity contribution < 1.29 is 24.2 Å². The SMILES string of the molecule is CC(CNC(=O)C1(NC(=O)OCC2c3ccccc3-c3ccccc32)CCC1)C(=O)O. The van der Waals surface area contributed by atoms with Crippen molar-refractivity contribution >= 4 is 18.0 Å². The van der Waals surface area contributed by atoms with Crippen LogP contribution in [0.3, 0.4) is 0 Å². The van der Waals surface area contributed by atoms with Crippen LogP contribution < -0.4 is 10.6 Å². The molecular formula is C24H26N2O5. The normalized spacial score (nSPS) is 16.9. The lowest BCUT2D eigenvalue weighted by Crippen LogP contribution is -2.63. The Labute approximate surface area is 180 Å². The predicted molar refractivity (Wildman–Crippen MR) is 115 cm³/mol. The minimum atomic E-state index is -1.03. The molecule has 7 nitrogen and oxygen atoms in total. The smallest absolute Gasteiger partial charge is 0.408 e. The summed E-state index contributed by atoms with van der Waals surface area (Å²) < 4.78 is 5.56. The molecule has 0 aliphatic heterocycles. The van der Waals surface area contributed by atoms with Crippen molar-refractivity contribution in [2.75, 3.05) is 13.2 Å². The van der Waals surface area contributed by atoms with Crippen LogP contribution in [0.25, 0.3) is 11.1 Å². The monoisotopic (exact) mass is 422 g/mol. The Hall–Kier alpha value is -3.35. The number of benzene rings is 2. The van der Waals surface area contributed by atoms with Crippen molar-refractivity contribution in [2.45, 2.75) is 37.6 Å². The van der Waals surface area contributed by atoms with E-state index in [2.05, 4.69) is 22.8 Å². The molecule has 0 saturated heterocycles. The highest BCUT2D eigenvalue weighted by atomic mass is 16.5. The number of alkyl carbamates (subject to hydrolysis) is 1. The van der Waals surface area contributed by atoms with Crippen molar-refractivity contribution in [1.29, 1.82) is 0 Å². The number of rotatable bonds is 7. The number of ether oxygens (including phenoxy) is 1. The number of carbonyl (C=O) groups is 3. The molecule has 2 amide bonds. The zero-order chi connectivity index (χ0) is 22.0. The van der Waals surface area contributed by atoms with Gasteiger partial charge in [-0.2, -0.15) is 0 Å². The van der Waals surface area contributed by atoms with Gasteiger partial charge < -0.3 is 20.5 Å². The minimum absolute atomic E-state index is 0.0162. The lowest BCUT2D eigenvalue weighted by molar-refractivity contribution is -0.141. The Morgan fingerprint density at radius 1 is 1.06 bits per heavy atom. The largest absolute Gasteiger partial charge is 0.481 e. The van der Waals surface area contributed by atoms with Gasteiger partial charge in [-0.1, -0.05) is 55.5 Å². The summed E-state index contributed by atoms with van der Waals surface area (Å²) in [5.74, 6) is -2.09. The molecule has 7 heteroatoms. The van der Waals surface area contributed by atoms with Crippen molar-refractivity contribution in [3.63, 3.8) is 0 Å². The zero-order valence-electron chi connectivity index (χ0n) is 17.4. The van der Waals surface area contributed by atoms with Crippen LogP contribution >= 0.6 is 0 Å². The molecule has 1 unspecified atom stereocenters. The molecule has 2 aliphatic carbocycles. The molecule has 1 atom stereocenters. The third kappa shape index (κ3) is 4.00. The molecule has 0 radical (unpaired) electrons. The minimum Gasteiger partial charge on any atom is -0.481 e. The predicted octanol–water partition coefficient (Wildman–Crippen LogP) is 3.28. The van der Waals surface area contributed by atoms with Crippen molar-refractivity contribution in [1.82, 2.24) is 10.6 Å². The van der Waals surface area contributed by atoms with Crippen LogP contribution in [-0.4, -0.2) is 41.8 Å². The first-order valence-corrected chi connectivity index (χ1v) is 10.6. The molecule has 0 heterocycles. The number of carboxylic acid groups (broad SMARTS) is 1. The Morgan fingerprint density at radius 2 is 1.65 bits per heavy atom. The molecule has 2 aromatic carbocycles. The van der Waals surface area contributed by atoms with E-state index in [1.54, 1.807) is 0 Å². The van der Waals surface area contributed by atoms with Gasteiger partial charge in [0, 0.05) is 12.5 Å². The summed E-state index contributed by atoms with van der Waals surface area (Å²) in [6, 6.07) is 16.2. The molecule has 0 bridgehead atoms. The van der Waals surface area contributed by atoms with Crippen LogP contribution in [0.2, 0.25) is 0 Å². The average molecular weight is 422 g/mol. The lowest BCUT2D eigenvalue weighted by atomic mass is 9.76. The number of carboxylic acids is 1. The van der Waals surface area contributed by atoms with Gasteiger partial charge in [-0.05, 0) is 41.5 Å². The van der Waals surface area contributed by atoms with Crippen molar-refractivity contribution in [3.8, 4) is 11.1 Å². The topological polar surface area (TPSA) is 105 Å². The molecule has 2 aromatic rings. The van der Waals surface area contributed by atoms with Gasteiger partial charge in [0.2, 0.25) is 5.91 Å². The number of carbonyl (C=O) groups excluding carboxylic acids is 2. The van der Waals surface area contributed by atoms with Gasteiger partial charge >= 0.3 is 12.1 Å². The first-order valence-electron chi connectivity index (χ1n) is 10.6. The van der Waals surface area contributed by atoms with Gasteiger partial charge in [0.25, 0.3) is 0 Å². The summed E-state index contributed by atoms with van der Waals surface area (Å²) in [7, 11) is 0. The number of amides is 2. The second-order valence-electron chi connectivity index (χ2n) is 8.34. The third-order valence-corrected chi connectivity index (χ3v) is 6.32. The Kier molecular flexibility index (Phi) is 5.67. The molecule has 3 N–H and O–H groups in total. The standard InChI is InChI=1S/C24H26N2O5/c1-15(21(27)28)13-25-22(29)24(11-6-12-24)26-23(30)31-14-20-18-9-4-2-7-16(18)17-8-3-5-10-19(17)20/h2-5,7-10,15,20H,6,11-14H2,1H3,(H,25,29)(H,26,30)(H,27,28). The molecule has 31 heavy (non-hydrogen) atoms. The van der Waals surface area contributed by atoms with E-state index >= 15 is 0 Å². The van der Waals surface area contributed by atoms with E-state index in [-0.39, 0.29) is 25.0 Å². The molecule has 0 spiro atoms. The number of hydrogen-bond donors (Lipinski definition) is 3. The van der Waals surface area contributed by atoms with Crippen molar-refractivity contribution in [2.24, 2.45) is 5.92 Å². The maximum Gasteiger partial charge on any atom is 0.408 e. The van der Waals surface area contributed by atoms with Crippen LogP contribution in [-0.2, 0) is 14.3 Å². The maximum absolute atomic E-state index is 12.6. The van der Waals surface area contributed by atoms with Crippen LogP contribution in [0.1, 0.15) is 43.2 Å². The second kappa shape index (κ2) is 8.41. The molecule has 1 fully saturated rings. The lowest BCUT2D eigenvalue weighted by Gasteiger charge is -2.40. The summed E-state index contributed by atoms with van der Waals surface area (Å²) in [6.07, 6.45) is 1.18. The van der Waals surface area contributed by atoms with Gasteiger partial charge in [-0.25, -0.2) is 4.79 Å². The molecule has 1 saturated carbocycles. The molecule has 162 valence electrons. The molecule has 0 aromatic heterocycles. The molecule has 2 aliphatic rings. The highest BCUT2D eigenvalue weighted by Gasteiger charge is 2.46. The highest BCUT2D eigenvalue weighted by molar-refractivity contribution is 5.91. The summed E-state index contributed by atoms with van der Waals surface area (Å²) in [4.78, 5) is 36.2. The van der Waals surface area contributed by atoms with Crippen LogP contribution in [0.5, 0.6) is 0 Å². The fraction of sp³-hybridized carbons (Fsp3) is 0.375. The summed E-state index contributed by atoms with van der Waals surface area (Å²) in [5, 5.41) is 14.4. The fourth-order valence-corrected chi connectivity index (χ4v) is 4.27. The second-order valence-corrected chi connectivity index (χ2v) is 8.34. The van der Waals surface area contributed by atoms with E-state index in [1.165, 1.54) is 6.92 Å². The zero-order valence-corrected chi connectivity index (χ0v) is 17.4. The fourth-order valence-electron chi connectivity index (χ4n) is 4.27. The highest BCUT2D eigenvalue weighted by Crippen LogP contribution is 2.44. The van der Waals surface area contributed by atoms with E-state index in [9.17, 15) is 14.4 Å². The first-order chi connectivity index (χ1) is 14.9. The summed E-state index contributed by atoms with van der Waals surface area (Å²) in [5.41, 5.74) is 3.51. The van der Waals surface area contributed by atoms with E-state index in [0.29, 0.717) is 12.8 Å². The van der Waals surface area contributed by atoms with E-state index in [4.69, 9.17) is 9.84 Å². The van der Waals surface area contributed by atoms with Gasteiger partial charge in [0.1, 0.15) is 12.1 Å². The Balaban J connectivity index is 1.39. The number of aliphatic carboxylic acids is 1. The summed E-state index contributed by atoms with van der Waals surface area (Å²) >= 11 is 0. The quantitative estimate of drug-likeness (QED) is 0.635. The van der Waals surface area contributed by atoms with E-state index in [0.717, 1.165) is 28.7 Å². The van der Waals surface area contributed by atoms with Gasteiger partial charge in [0.05, 0.1) is 5.92 Å². The Morgan fingerprint density at radius 3 is 2.16 bits per heavy atom. The average Bonchev–Trinajstić information content (AvgIpc) is 3.06. The van der Waals surface area contributed by atoms with Gasteiger partial charge in [0.15, 0.2) is 0 Å². The van der Waals surface area contributed by atoms with Crippen molar-refractivity contribution in [3.05, 3.63) is 59.7 Å². The van der Waals surface area contributed by atoms with Crippen LogP contribution in [0, 0.1) is 5.92 Å². The summed E-state index contributed by atoms with van der Waals surface area (Å²) in [6.45, 7) is 1.71. The first kappa shape index (κ1) is 20.9. The van der Waals surface area contributed by atoms with Crippen LogP contribution in [0.15, 0.2) is 48.5 Å². The number of nitrogens with one attached hydrogen (secondary N) is 2. The number of hydrogen-bond acceptors (Lipinski definition) is 4. The van der Waals surface area contributed by atoms with E-state index in [1.807, 2.05) is 36.4 Å². The van der Waals surface area contributed by atoms with Gasteiger partial charge in [-0.3, -0.25) is 9.59 Å². The third-order valence-electron chi connectivity index (χ3n) is 6.32. The molecule has 4 rings (SSSR count). The van der Waals surface area contributed by atoms with Crippen LogP contribution in [0.4, 0.5) is 4.79 Å². The Bertz CT molecular complexity index is 969. The number of fused-ring (bicyclic) bond motifs is 3. The maximum atomic E-state index is 12.6. The van der Waals surface area contributed by atoms with E-state index < -0.39 is 23.5 Å². The molecular weight excluding hydrogens is 396 g/mol. The van der Waals surface area contributed by atoms with Gasteiger partial charge in [-0.15, -0.1) is 0 Å².